The summed E-state index contributed by atoms with van der Waals surface area (Å²) in [6, 6.07) is 5.40. The van der Waals surface area contributed by atoms with Gasteiger partial charge >= 0.3 is 0 Å². The van der Waals surface area contributed by atoms with Crippen molar-refractivity contribution < 1.29 is 14.3 Å². The van der Waals surface area contributed by atoms with E-state index in [0.29, 0.717) is 30.4 Å². The van der Waals surface area contributed by atoms with Gasteiger partial charge in [-0.05, 0) is 18.6 Å². The Bertz CT molecular complexity index is 720. The maximum Gasteiger partial charge on any atom is 0.234 e. The number of anilines is 1. The molecule has 1 aliphatic heterocycles. The highest BCUT2D eigenvalue weighted by atomic mass is 32.2. The zero-order chi connectivity index (χ0) is 17.5. The molecule has 1 aromatic heterocycles. The van der Waals surface area contributed by atoms with E-state index in [-0.39, 0.29) is 11.7 Å². The molecule has 3 rings (SSSR count). The number of thioether (sulfide) groups is 1. The summed E-state index contributed by atoms with van der Waals surface area (Å²) < 4.78 is 13.0. The van der Waals surface area contributed by atoms with Gasteiger partial charge in [0.15, 0.2) is 16.7 Å². The van der Waals surface area contributed by atoms with Crippen molar-refractivity contribution in [2.45, 2.75) is 37.9 Å². The summed E-state index contributed by atoms with van der Waals surface area (Å²) in [6.07, 6.45) is 5.15. The molecule has 7 nitrogen and oxygen atoms in total. The van der Waals surface area contributed by atoms with Crippen molar-refractivity contribution in [1.29, 1.82) is 0 Å². The number of nitrogens with one attached hydrogen (secondary N) is 1. The monoisotopic (exact) mass is 362 g/mol. The highest BCUT2D eigenvalue weighted by molar-refractivity contribution is 7.99. The first-order valence-electron chi connectivity index (χ1n) is 8.46. The van der Waals surface area contributed by atoms with Crippen LogP contribution in [0.3, 0.4) is 0 Å². The first-order chi connectivity index (χ1) is 12.3. The molecule has 134 valence electrons. The van der Waals surface area contributed by atoms with Gasteiger partial charge in [-0.25, -0.2) is 0 Å². The Morgan fingerprint density at radius 1 is 1.28 bits per heavy atom. The highest BCUT2D eigenvalue weighted by Gasteiger charge is 2.13. The Hall–Kier alpha value is -2.22. The van der Waals surface area contributed by atoms with Crippen LogP contribution in [0.25, 0.3) is 0 Å². The number of ether oxygens (including phenoxy) is 2. The lowest BCUT2D eigenvalue weighted by Gasteiger charge is -2.19. The minimum Gasteiger partial charge on any atom is -0.486 e. The van der Waals surface area contributed by atoms with E-state index < -0.39 is 0 Å². The maximum absolute atomic E-state index is 12.2. The number of hydrogen-bond donors (Lipinski definition) is 1. The molecule has 0 fully saturated rings. The smallest absolute Gasteiger partial charge is 0.234 e. The van der Waals surface area contributed by atoms with Crippen LogP contribution in [-0.2, 0) is 11.3 Å². The summed E-state index contributed by atoms with van der Waals surface area (Å²) >= 11 is 1.39. The molecular weight excluding hydrogens is 340 g/mol. The van der Waals surface area contributed by atoms with E-state index in [1.165, 1.54) is 24.6 Å². The van der Waals surface area contributed by atoms with Gasteiger partial charge in [0.25, 0.3) is 0 Å². The van der Waals surface area contributed by atoms with Gasteiger partial charge in [0.1, 0.15) is 19.5 Å². The van der Waals surface area contributed by atoms with Crippen LogP contribution in [0.2, 0.25) is 0 Å². The molecule has 8 heteroatoms. The molecule has 0 saturated heterocycles. The predicted molar refractivity (Wildman–Crippen MR) is 96.3 cm³/mol. The predicted octanol–water partition coefficient (Wildman–Crippen LogP) is 2.97. The Kier molecular flexibility index (Phi) is 6.16. The normalized spacial score (nSPS) is 12.8. The third kappa shape index (κ3) is 4.88. The van der Waals surface area contributed by atoms with Crippen molar-refractivity contribution in [3.8, 4) is 11.5 Å². The Morgan fingerprint density at radius 2 is 2.12 bits per heavy atom. The molecule has 25 heavy (non-hydrogen) atoms. The van der Waals surface area contributed by atoms with Gasteiger partial charge in [-0.2, -0.15) is 0 Å². The van der Waals surface area contributed by atoms with Gasteiger partial charge in [0.2, 0.25) is 5.91 Å². The number of carbonyl (C=O) groups excluding carboxylic acids is 1. The van der Waals surface area contributed by atoms with Crippen LogP contribution in [0.4, 0.5) is 5.69 Å². The van der Waals surface area contributed by atoms with Crippen molar-refractivity contribution in [2.24, 2.45) is 0 Å². The molecule has 0 saturated carbocycles. The third-order valence-corrected chi connectivity index (χ3v) is 4.72. The SMILES string of the molecule is CCCCCn1cnnc1SCC(=O)Nc1ccc2c(c1)OCCO2. The molecule has 2 heterocycles. The molecule has 0 unspecified atom stereocenters. The van der Waals surface area contributed by atoms with Crippen LogP contribution in [0.15, 0.2) is 29.7 Å². The van der Waals surface area contributed by atoms with Crippen molar-refractivity contribution in [3.05, 3.63) is 24.5 Å². The zero-order valence-corrected chi connectivity index (χ0v) is 15.1. The number of rotatable bonds is 8. The Labute approximate surface area is 151 Å². The van der Waals surface area contributed by atoms with Gasteiger partial charge in [0.05, 0.1) is 5.75 Å². The van der Waals surface area contributed by atoms with E-state index in [2.05, 4.69) is 22.4 Å². The van der Waals surface area contributed by atoms with Gasteiger partial charge < -0.3 is 19.4 Å². The fourth-order valence-corrected chi connectivity index (χ4v) is 3.23. The van der Waals surface area contributed by atoms with Crippen molar-refractivity contribution in [1.82, 2.24) is 14.8 Å². The van der Waals surface area contributed by atoms with E-state index in [9.17, 15) is 4.79 Å². The first-order valence-corrected chi connectivity index (χ1v) is 9.45. The van der Waals surface area contributed by atoms with Gasteiger partial charge in [-0.1, -0.05) is 31.5 Å². The lowest BCUT2D eigenvalue weighted by atomic mass is 10.2. The lowest BCUT2D eigenvalue weighted by molar-refractivity contribution is -0.113. The largest absolute Gasteiger partial charge is 0.486 e. The molecule has 2 aromatic rings. The lowest BCUT2D eigenvalue weighted by Crippen LogP contribution is -2.17. The standard InChI is InChI=1S/C17H22N4O3S/c1-2-3-4-7-21-12-18-20-17(21)25-11-16(22)19-13-5-6-14-15(10-13)24-9-8-23-14/h5-6,10,12H,2-4,7-9,11H2,1H3,(H,19,22). The van der Waals surface area contributed by atoms with Crippen LogP contribution >= 0.6 is 11.8 Å². The molecule has 0 bridgehead atoms. The molecular formula is C17H22N4O3S. The number of carbonyl (C=O) groups is 1. The topological polar surface area (TPSA) is 78.3 Å². The van der Waals surface area contributed by atoms with Crippen LogP contribution in [-0.4, -0.2) is 39.6 Å². The van der Waals surface area contributed by atoms with Gasteiger partial charge in [0, 0.05) is 18.3 Å². The summed E-state index contributed by atoms with van der Waals surface area (Å²) in [7, 11) is 0. The average Bonchev–Trinajstić information content (AvgIpc) is 3.07. The minimum absolute atomic E-state index is 0.0928. The van der Waals surface area contributed by atoms with E-state index in [4.69, 9.17) is 9.47 Å². The number of nitrogens with zero attached hydrogens (tertiary/aromatic N) is 3. The molecule has 0 spiro atoms. The van der Waals surface area contributed by atoms with E-state index in [1.54, 1.807) is 12.4 Å². The zero-order valence-electron chi connectivity index (χ0n) is 14.2. The van der Waals surface area contributed by atoms with Crippen LogP contribution in [0.5, 0.6) is 11.5 Å². The number of hydrogen-bond acceptors (Lipinski definition) is 6. The van der Waals surface area contributed by atoms with Crippen molar-refractivity contribution in [3.63, 3.8) is 0 Å². The molecule has 1 amide bonds. The minimum atomic E-state index is -0.0928. The van der Waals surface area contributed by atoms with Gasteiger partial charge in [-0.3, -0.25) is 4.79 Å². The Balaban J connectivity index is 1.51. The molecule has 1 N–H and O–H groups in total. The Morgan fingerprint density at radius 3 is 2.96 bits per heavy atom. The average molecular weight is 362 g/mol. The fourth-order valence-electron chi connectivity index (χ4n) is 2.49. The fraction of sp³-hybridized carbons (Fsp3) is 0.471. The third-order valence-electron chi connectivity index (χ3n) is 3.74. The van der Waals surface area contributed by atoms with Crippen molar-refractivity contribution in [2.75, 3.05) is 24.3 Å². The number of amides is 1. The molecule has 0 aliphatic carbocycles. The summed E-state index contributed by atoms with van der Waals surface area (Å²) in [6.45, 7) is 4.12. The van der Waals surface area contributed by atoms with E-state index in [1.807, 2.05) is 16.7 Å². The van der Waals surface area contributed by atoms with Crippen LogP contribution in [0.1, 0.15) is 26.2 Å². The number of aryl methyl sites for hydroxylation is 1. The molecule has 0 radical (unpaired) electrons. The quantitative estimate of drug-likeness (QED) is 0.575. The molecule has 1 aromatic carbocycles. The second-order valence-corrected chi connectivity index (χ2v) is 6.65. The van der Waals surface area contributed by atoms with Crippen LogP contribution < -0.4 is 14.8 Å². The maximum atomic E-state index is 12.2. The number of fused-ring (bicyclic) bond motifs is 1. The summed E-state index contributed by atoms with van der Waals surface area (Å²) in [4.78, 5) is 12.2. The van der Waals surface area contributed by atoms with Crippen molar-refractivity contribution >= 4 is 23.4 Å². The molecule has 0 atom stereocenters. The number of unbranched alkanes of at least 4 members (excludes halogenated alkanes) is 2. The van der Waals surface area contributed by atoms with E-state index in [0.717, 1.165) is 18.1 Å². The second kappa shape index (κ2) is 8.75. The number of benzene rings is 1. The number of aromatic nitrogens is 3. The second-order valence-electron chi connectivity index (χ2n) is 5.71. The summed E-state index contributed by atoms with van der Waals surface area (Å²) in [5.41, 5.74) is 0.694. The first kappa shape index (κ1) is 17.6. The highest BCUT2D eigenvalue weighted by Crippen LogP contribution is 2.32. The van der Waals surface area contributed by atoms with Crippen LogP contribution in [0, 0.1) is 0 Å². The summed E-state index contributed by atoms with van der Waals surface area (Å²) in [5.74, 6) is 1.55. The van der Waals surface area contributed by atoms with Gasteiger partial charge in [-0.15, -0.1) is 10.2 Å². The van der Waals surface area contributed by atoms with E-state index >= 15 is 0 Å². The summed E-state index contributed by atoms with van der Waals surface area (Å²) in [5, 5.41) is 11.7. The molecule has 1 aliphatic rings.